The fourth-order valence-electron chi connectivity index (χ4n) is 2.41. The van der Waals surface area contributed by atoms with Crippen LogP contribution in [0.3, 0.4) is 0 Å². The van der Waals surface area contributed by atoms with Crippen molar-refractivity contribution in [3.63, 3.8) is 0 Å². The molecule has 0 bridgehead atoms. The predicted molar refractivity (Wildman–Crippen MR) is 81.8 cm³/mol. The quantitative estimate of drug-likeness (QED) is 0.885. The number of nitrogens with one attached hydrogen (secondary N) is 1. The van der Waals surface area contributed by atoms with Gasteiger partial charge in [0.05, 0.1) is 19.3 Å². The molecule has 1 atom stereocenters. The predicted octanol–water partition coefficient (Wildman–Crippen LogP) is 2.94. The average Bonchev–Trinajstić information content (AvgIpc) is 3.34. The lowest BCUT2D eigenvalue weighted by atomic mass is 10.00. The van der Waals surface area contributed by atoms with Crippen LogP contribution in [0.1, 0.15) is 30.0 Å². The second-order valence-corrected chi connectivity index (χ2v) is 5.21. The molecule has 0 radical (unpaired) electrons. The van der Waals surface area contributed by atoms with E-state index in [0.29, 0.717) is 12.0 Å². The zero-order valence-electron chi connectivity index (χ0n) is 12.4. The van der Waals surface area contributed by atoms with E-state index < -0.39 is 0 Å². The van der Waals surface area contributed by atoms with Gasteiger partial charge in [-0.25, -0.2) is 4.98 Å². The monoisotopic (exact) mass is 284 g/mol. The van der Waals surface area contributed by atoms with Gasteiger partial charge in [0, 0.05) is 11.8 Å². The first-order valence-corrected chi connectivity index (χ1v) is 7.24. The number of benzene rings is 1. The molecule has 0 aliphatic heterocycles. The lowest BCUT2D eigenvalue weighted by molar-refractivity contribution is 0.303. The van der Waals surface area contributed by atoms with E-state index in [9.17, 15) is 0 Å². The van der Waals surface area contributed by atoms with Crippen LogP contribution in [0.15, 0.2) is 42.6 Å². The summed E-state index contributed by atoms with van der Waals surface area (Å²) in [6, 6.07) is 12.2. The van der Waals surface area contributed by atoms with Crippen molar-refractivity contribution >= 4 is 0 Å². The van der Waals surface area contributed by atoms with Crippen LogP contribution in [0.5, 0.6) is 11.6 Å². The van der Waals surface area contributed by atoms with Gasteiger partial charge in [0.15, 0.2) is 0 Å². The van der Waals surface area contributed by atoms with Crippen LogP contribution in [0, 0.1) is 0 Å². The summed E-state index contributed by atoms with van der Waals surface area (Å²) >= 11 is 0. The number of hydrogen-bond donors (Lipinski definition) is 1. The second kappa shape index (κ2) is 6.14. The molecule has 4 heteroatoms. The molecule has 1 N–H and O–H groups in total. The molecule has 1 unspecified atom stereocenters. The highest BCUT2D eigenvalue weighted by Crippen LogP contribution is 2.31. The Bertz CT molecular complexity index is 594. The summed E-state index contributed by atoms with van der Waals surface area (Å²) in [6.07, 6.45) is 4.51. The van der Waals surface area contributed by atoms with E-state index in [1.54, 1.807) is 13.3 Å². The third-order valence-corrected chi connectivity index (χ3v) is 3.63. The van der Waals surface area contributed by atoms with Crippen molar-refractivity contribution in [1.82, 2.24) is 10.3 Å². The molecule has 3 rings (SSSR count). The molecule has 110 valence electrons. The number of nitrogens with zero attached hydrogens (tertiary/aromatic N) is 1. The highest BCUT2D eigenvalue weighted by Gasteiger charge is 2.23. The fraction of sp³-hybridized carbons (Fsp3) is 0.353. The Morgan fingerprint density at radius 3 is 2.57 bits per heavy atom. The lowest BCUT2D eigenvalue weighted by Crippen LogP contribution is -2.18. The first-order valence-electron chi connectivity index (χ1n) is 7.24. The van der Waals surface area contributed by atoms with E-state index in [-0.39, 0.29) is 6.04 Å². The maximum absolute atomic E-state index is 5.79. The van der Waals surface area contributed by atoms with Crippen LogP contribution in [0.4, 0.5) is 0 Å². The molecule has 1 saturated carbocycles. The van der Waals surface area contributed by atoms with Gasteiger partial charge in [-0.3, -0.25) is 0 Å². The molecule has 1 fully saturated rings. The minimum atomic E-state index is 0.0450. The van der Waals surface area contributed by atoms with Crippen molar-refractivity contribution in [2.45, 2.75) is 25.0 Å². The normalized spacial score (nSPS) is 15.5. The highest BCUT2D eigenvalue weighted by atomic mass is 16.5. The molecule has 4 nitrogen and oxygen atoms in total. The summed E-state index contributed by atoms with van der Waals surface area (Å²) in [6.45, 7) is 0. The molecular formula is C17H20N2O2. The number of hydrogen-bond acceptors (Lipinski definition) is 4. The Kier molecular flexibility index (Phi) is 4.06. The van der Waals surface area contributed by atoms with Crippen molar-refractivity contribution in [2.24, 2.45) is 0 Å². The van der Waals surface area contributed by atoms with Crippen LogP contribution >= 0.6 is 0 Å². The lowest BCUT2D eigenvalue weighted by Gasteiger charge is -2.19. The van der Waals surface area contributed by atoms with Crippen LogP contribution < -0.4 is 14.8 Å². The summed E-state index contributed by atoms with van der Waals surface area (Å²) in [4.78, 5) is 4.27. The number of ether oxygens (including phenoxy) is 2. The van der Waals surface area contributed by atoms with Crippen LogP contribution in [0.2, 0.25) is 0 Å². The van der Waals surface area contributed by atoms with E-state index in [1.165, 1.54) is 12.8 Å². The Balaban J connectivity index is 1.84. The highest BCUT2D eigenvalue weighted by molar-refractivity contribution is 5.39. The minimum Gasteiger partial charge on any atom is -0.490 e. The van der Waals surface area contributed by atoms with Gasteiger partial charge < -0.3 is 14.8 Å². The summed E-state index contributed by atoms with van der Waals surface area (Å²) < 4.78 is 11.1. The van der Waals surface area contributed by atoms with Crippen molar-refractivity contribution in [3.05, 3.63) is 53.7 Å². The summed E-state index contributed by atoms with van der Waals surface area (Å²) in [5, 5.41) is 3.32. The topological polar surface area (TPSA) is 43.4 Å². The van der Waals surface area contributed by atoms with E-state index in [4.69, 9.17) is 9.47 Å². The van der Waals surface area contributed by atoms with Crippen molar-refractivity contribution in [2.75, 3.05) is 14.2 Å². The van der Waals surface area contributed by atoms with E-state index in [0.717, 1.165) is 16.9 Å². The number of aromatic nitrogens is 1. The maximum atomic E-state index is 5.79. The molecule has 1 aromatic carbocycles. The maximum Gasteiger partial charge on any atom is 0.218 e. The zero-order chi connectivity index (χ0) is 14.7. The smallest absolute Gasteiger partial charge is 0.218 e. The van der Waals surface area contributed by atoms with Gasteiger partial charge in [-0.15, -0.1) is 0 Å². The number of pyridine rings is 1. The molecule has 1 aliphatic carbocycles. The summed E-state index contributed by atoms with van der Waals surface area (Å²) in [7, 11) is 3.58. The van der Waals surface area contributed by atoms with E-state index in [2.05, 4.69) is 22.4 Å². The molecule has 0 spiro atoms. The molecule has 0 saturated heterocycles. The SMILES string of the molecule is CNC(c1ccc(OC2CC2)cc1)c1cccnc1OC. The Hall–Kier alpha value is -2.07. The van der Waals surface area contributed by atoms with Crippen molar-refractivity contribution in [1.29, 1.82) is 0 Å². The third kappa shape index (κ3) is 3.16. The Morgan fingerprint density at radius 1 is 1.19 bits per heavy atom. The van der Waals surface area contributed by atoms with E-state index >= 15 is 0 Å². The standard InChI is InChI=1S/C17H20N2O2/c1-18-16(15-4-3-11-19-17(15)20-2)12-5-7-13(8-6-12)21-14-9-10-14/h3-8,11,14,16,18H,9-10H2,1-2H3. The summed E-state index contributed by atoms with van der Waals surface area (Å²) in [5.74, 6) is 1.59. The molecule has 1 heterocycles. The van der Waals surface area contributed by atoms with Crippen molar-refractivity contribution < 1.29 is 9.47 Å². The average molecular weight is 284 g/mol. The zero-order valence-corrected chi connectivity index (χ0v) is 12.4. The van der Waals surface area contributed by atoms with Gasteiger partial charge in [-0.2, -0.15) is 0 Å². The molecule has 1 aromatic heterocycles. The molecule has 2 aromatic rings. The largest absolute Gasteiger partial charge is 0.490 e. The van der Waals surface area contributed by atoms with Gasteiger partial charge >= 0.3 is 0 Å². The minimum absolute atomic E-state index is 0.0450. The first kappa shape index (κ1) is 13.9. The molecule has 1 aliphatic rings. The van der Waals surface area contributed by atoms with Gasteiger partial charge in [-0.05, 0) is 43.7 Å². The molecule has 21 heavy (non-hydrogen) atoms. The van der Waals surface area contributed by atoms with Crippen LogP contribution in [-0.2, 0) is 0 Å². The van der Waals surface area contributed by atoms with Crippen LogP contribution in [0.25, 0.3) is 0 Å². The second-order valence-electron chi connectivity index (χ2n) is 5.21. The Labute approximate surface area is 125 Å². The van der Waals surface area contributed by atoms with Gasteiger partial charge in [-0.1, -0.05) is 18.2 Å². The number of rotatable bonds is 6. The molecule has 0 amide bonds. The molecular weight excluding hydrogens is 264 g/mol. The Morgan fingerprint density at radius 2 is 1.95 bits per heavy atom. The van der Waals surface area contributed by atoms with Gasteiger partial charge in [0.25, 0.3) is 0 Å². The van der Waals surface area contributed by atoms with Crippen molar-refractivity contribution in [3.8, 4) is 11.6 Å². The van der Waals surface area contributed by atoms with Crippen LogP contribution in [-0.4, -0.2) is 25.2 Å². The van der Waals surface area contributed by atoms with E-state index in [1.807, 2.05) is 31.3 Å². The third-order valence-electron chi connectivity index (χ3n) is 3.63. The fourth-order valence-corrected chi connectivity index (χ4v) is 2.41. The van der Waals surface area contributed by atoms with Gasteiger partial charge in [0.2, 0.25) is 5.88 Å². The van der Waals surface area contributed by atoms with Gasteiger partial charge in [0.1, 0.15) is 5.75 Å². The summed E-state index contributed by atoms with van der Waals surface area (Å²) in [5.41, 5.74) is 2.19. The number of methoxy groups -OCH3 is 1. The first-order chi connectivity index (χ1) is 10.3.